The average Bonchev–Trinajstić information content (AvgIpc) is 2.52. The molecule has 1 fully saturated rings. The highest BCUT2D eigenvalue weighted by molar-refractivity contribution is 5.78. The fraction of sp³-hybridized carbons (Fsp3) is 0.500. The molecule has 0 radical (unpaired) electrons. The molecule has 0 spiro atoms. The molecule has 0 bridgehead atoms. The van der Waals surface area contributed by atoms with Crippen LogP contribution in [0.5, 0.6) is 5.75 Å². The molecule has 1 aromatic rings. The number of hydrogen-bond donors (Lipinski definition) is 1. The topological polar surface area (TPSA) is 60.1 Å². The molecule has 0 amide bonds. The van der Waals surface area contributed by atoms with E-state index in [0.717, 1.165) is 5.56 Å². The summed E-state index contributed by atoms with van der Waals surface area (Å²) in [7, 11) is 0. The molecule has 1 aromatic carbocycles. The zero-order chi connectivity index (χ0) is 16.0. The molecule has 0 aliphatic carbocycles. The molecule has 1 aliphatic rings. The summed E-state index contributed by atoms with van der Waals surface area (Å²) in [4.78, 5) is 6.21. The number of benzene rings is 1. The molecule has 2 rings (SSSR count). The number of nitrogens with two attached hydrogens (primary N) is 1. The zero-order valence-corrected chi connectivity index (χ0v) is 12.0. The Morgan fingerprint density at radius 1 is 1.23 bits per heavy atom. The number of aliphatic imine (C=N–C) groups is 1. The molecule has 0 unspecified atom stereocenters. The van der Waals surface area contributed by atoms with Gasteiger partial charge in [0.05, 0.1) is 19.8 Å². The van der Waals surface area contributed by atoms with Crippen molar-refractivity contribution in [1.29, 1.82) is 0 Å². The first-order valence-corrected chi connectivity index (χ1v) is 6.85. The lowest BCUT2D eigenvalue weighted by Crippen LogP contribution is -2.44. The second-order valence-electron chi connectivity index (χ2n) is 4.82. The van der Waals surface area contributed by atoms with Crippen molar-refractivity contribution >= 4 is 5.96 Å². The van der Waals surface area contributed by atoms with Crippen molar-refractivity contribution in [2.75, 3.05) is 32.9 Å². The summed E-state index contributed by atoms with van der Waals surface area (Å²) in [6.45, 7) is 1.74. The summed E-state index contributed by atoms with van der Waals surface area (Å²) < 4.78 is 46.0. The van der Waals surface area contributed by atoms with Crippen molar-refractivity contribution in [1.82, 2.24) is 4.90 Å². The number of alkyl halides is 3. The maximum Gasteiger partial charge on any atom is 0.422 e. The van der Waals surface area contributed by atoms with Gasteiger partial charge in [-0.1, -0.05) is 12.1 Å². The van der Waals surface area contributed by atoms with Gasteiger partial charge >= 0.3 is 6.18 Å². The second kappa shape index (κ2) is 7.35. The normalized spacial score (nSPS) is 16.7. The Morgan fingerprint density at radius 3 is 2.45 bits per heavy atom. The number of halogens is 3. The standard InChI is InChI=1S/C14H18F3N3O2/c15-14(16,17)10-22-12-3-1-11(2-4-12)9-19-13(18)20-5-7-21-8-6-20/h1-4H,5-10H2,(H2,18,19). The maximum atomic E-state index is 12.0. The third-order valence-corrected chi connectivity index (χ3v) is 3.08. The molecule has 1 aliphatic heterocycles. The van der Waals surface area contributed by atoms with Crippen LogP contribution < -0.4 is 10.5 Å². The third kappa shape index (κ3) is 5.44. The number of morpholine rings is 1. The van der Waals surface area contributed by atoms with Crippen LogP contribution in [-0.4, -0.2) is 49.9 Å². The second-order valence-corrected chi connectivity index (χ2v) is 4.82. The van der Waals surface area contributed by atoms with E-state index in [1.807, 2.05) is 4.90 Å². The molecule has 22 heavy (non-hydrogen) atoms. The Labute approximate surface area is 126 Å². The van der Waals surface area contributed by atoms with E-state index >= 15 is 0 Å². The minimum Gasteiger partial charge on any atom is -0.484 e. The number of hydrogen-bond acceptors (Lipinski definition) is 3. The van der Waals surface area contributed by atoms with E-state index in [0.29, 0.717) is 38.8 Å². The molecule has 122 valence electrons. The van der Waals surface area contributed by atoms with Crippen LogP contribution in [-0.2, 0) is 11.3 Å². The summed E-state index contributed by atoms with van der Waals surface area (Å²) in [5, 5.41) is 0. The zero-order valence-electron chi connectivity index (χ0n) is 12.0. The van der Waals surface area contributed by atoms with E-state index in [2.05, 4.69) is 9.73 Å². The first kappa shape index (κ1) is 16.4. The van der Waals surface area contributed by atoms with Crippen molar-refractivity contribution in [2.24, 2.45) is 10.7 Å². The highest BCUT2D eigenvalue weighted by Gasteiger charge is 2.28. The summed E-state index contributed by atoms with van der Waals surface area (Å²) in [6, 6.07) is 6.31. The fourth-order valence-electron chi connectivity index (χ4n) is 1.92. The molecule has 2 N–H and O–H groups in total. The lowest BCUT2D eigenvalue weighted by molar-refractivity contribution is -0.153. The lowest BCUT2D eigenvalue weighted by atomic mass is 10.2. The van der Waals surface area contributed by atoms with Crippen LogP contribution in [0, 0.1) is 0 Å². The van der Waals surface area contributed by atoms with E-state index in [1.54, 1.807) is 12.1 Å². The summed E-state index contributed by atoms with van der Waals surface area (Å²) in [5.41, 5.74) is 6.74. The molecule has 0 atom stereocenters. The Bertz CT molecular complexity index is 497. The third-order valence-electron chi connectivity index (χ3n) is 3.08. The van der Waals surface area contributed by atoms with E-state index < -0.39 is 12.8 Å². The van der Waals surface area contributed by atoms with Crippen LogP contribution >= 0.6 is 0 Å². The quantitative estimate of drug-likeness (QED) is 0.679. The van der Waals surface area contributed by atoms with Crippen LogP contribution in [0.25, 0.3) is 0 Å². The van der Waals surface area contributed by atoms with Crippen molar-refractivity contribution < 1.29 is 22.6 Å². The van der Waals surface area contributed by atoms with Crippen molar-refractivity contribution in [2.45, 2.75) is 12.7 Å². The van der Waals surface area contributed by atoms with Gasteiger partial charge in [0.2, 0.25) is 0 Å². The minimum absolute atomic E-state index is 0.172. The van der Waals surface area contributed by atoms with E-state index in [-0.39, 0.29) is 5.75 Å². The Kier molecular flexibility index (Phi) is 5.48. The SMILES string of the molecule is NC(=NCc1ccc(OCC(F)(F)F)cc1)N1CCOCC1. The van der Waals surface area contributed by atoms with Crippen LogP contribution in [0.1, 0.15) is 5.56 Å². The van der Waals surface area contributed by atoms with Gasteiger partial charge in [0, 0.05) is 13.1 Å². The van der Waals surface area contributed by atoms with Gasteiger partial charge in [-0.2, -0.15) is 13.2 Å². The van der Waals surface area contributed by atoms with Crippen molar-refractivity contribution in [3.05, 3.63) is 29.8 Å². The molecule has 8 heteroatoms. The predicted octanol–water partition coefficient (Wildman–Crippen LogP) is 1.77. The number of guanidine groups is 1. The summed E-state index contributed by atoms with van der Waals surface area (Å²) >= 11 is 0. The highest BCUT2D eigenvalue weighted by atomic mass is 19.4. The van der Waals surface area contributed by atoms with E-state index in [9.17, 15) is 13.2 Å². The smallest absolute Gasteiger partial charge is 0.422 e. The number of ether oxygens (including phenoxy) is 2. The van der Waals surface area contributed by atoms with E-state index in [4.69, 9.17) is 10.5 Å². The van der Waals surface area contributed by atoms with Gasteiger partial charge in [-0.3, -0.25) is 0 Å². The highest BCUT2D eigenvalue weighted by Crippen LogP contribution is 2.19. The molecule has 5 nitrogen and oxygen atoms in total. The monoisotopic (exact) mass is 317 g/mol. The molecule has 0 saturated carbocycles. The molecule has 1 saturated heterocycles. The van der Waals surface area contributed by atoms with Gasteiger partial charge in [0.15, 0.2) is 12.6 Å². The lowest BCUT2D eigenvalue weighted by Gasteiger charge is -2.27. The largest absolute Gasteiger partial charge is 0.484 e. The predicted molar refractivity (Wildman–Crippen MR) is 75.7 cm³/mol. The fourth-order valence-corrected chi connectivity index (χ4v) is 1.92. The minimum atomic E-state index is -4.34. The van der Waals surface area contributed by atoms with Crippen molar-refractivity contribution in [3.8, 4) is 5.75 Å². The molecular weight excluding hydrogens is 299 g/mol. The van der Waals surface area contributed by atoms with Gasteiger partial charge in [-0.05, 0) is 17.7 Å². The summed E-state index contributed by atoms with van der Waals surface area (Å²) in [6.07, 6.45) is -4.34. The Balaban J connectivity index is 1.85. The number of rotatable bonds is 4. The molecule has 0 aromatic heterocycles. The Morgan fingerprint density at radius 2 is 1.86 bits per heavy atom. The van der Waals surface area contributed by atoms with Gasteiger partial charge in [0.1, 0.15) is 5.75 Å². The molecular formula is C14H18F3N3O2. The van der Waals surface area contributed by atoms with Gasteiger partial charge < -0.3 is 20.1 Å². The first-order valence-electron chi connectivity index (χ1n) is 6.85. The van der Waals surface area contributed by atoms with Gasteiger partial charge in [-0.15, -0.1) is 0 Å². The summed E-state index contributed by atoms with van der Waals surface area (Å²) in [5.74, 6) is 0.618. The van der Waals surface area contributed by atoms with Crippen molar-refractivity contribution in [3.63, 3.8) is 0 Å². The maximum absolute atomic E-state index is 12.0. The van der Waals surface area contributed by atoms with Gasteiger partial charge in [0.25, 0.3) is 0 Å². The van der Waals surface area contributed by atoms with Crippen LogP contribution in [0.4, 0.5) is 13.2 Å². The van der Waals surface area contributed by atoms with Crippen LogP contribution in [0.2, 0.25) is 0 Å². The van der Waals surface area contributed by atoms with E-state index in [1.165, 1.54) is 12.1 Å². The number of nitrogens with zero attached hydrogens (tertiary/aromatic N) is 2. The van der Waals surface area contributed by atoms with Crippen LogP contribution in [0.3, 0.4) is 0 Å². The Hall–Kier alpha value is -1.96. The van der Waals surface area contributed by atoms with Gasteiger partial charge in [-0.25, -0.2) is 4.99 Å². The first-order chi connectivity index (χ1) is 10.4. The van der Waals surface area contributed by atoms with Crippen LogP contribution in [0.15, 0.2) is 29.3 Å². The average molecular weight is 317 g/mol. The molecule has 1 heterocycles.